The maximum atomic E-state index is 9.37. The third-order valence-corrected chi connectivity index (χ3v) is 4.55. The molecule has 5 nitrogen and oxygen atoms in total. The van der Waals surface area contributed by atoms with Crippen LogP contribution >= 0.6 is 39.9 Å². The summed E-state index contributed by atoms with van der Waals surface area (Å²) in [6, 6.07) is 9.55. The standard InChI is InChI=1S/C12H8BrN5S2/c13-7-3-1-6(2-4-7)9-8(5-14)10(15)16-11-18(9)17-12(19)20-11/h1-4,9H,15H2,(H,17,19). The number of aliphatic imine (C=N–C) groups is 1. The van der Waals surface area contributed by atoms with Crippen LogP contribution in [0.15, 0.2) is 45.1 Å². The smallest absolute Gasteiger partial charge is 0.192 e. The van der Waals surface area contributed by atoms with Gasteiger partial charge in [-0.15, -0.1) is 0 Å². The Hall–Kier alpha value is -1.56. The van der Waals surface area contributed by atoms with E-state index in [2.05, 4.69) is 32.4 Å². The lowest BCUT2D eigenvalue weighted by Crippen LogP contribution is -2.42. The summed E-state index contributed by atoms with van der Waals surface area (Å²) in [6.07, 6.45) is 0. The number of nitrogens with zero attached hydrogens (tertiary/aromatic N) is 3. The number of fused-ring (bicyclic) bond motifs is 1. The first-order valence-electron chi connectivity index (χ1n) is 5.61. The van der Waals surface area contributed by atoms with Gasteiger partial charge in [-0.05, 0) is 29.5 Å². The third kappa shape index (κ3) is 2.18. The normalized spacial score (nSPS) is 21.2. The fourth-order valence-corrected chi connectivity index (χ4v) is 3.35. The van der Waals surface area contributed by atoms with E-state index < -0.39 is 0 Å². The highest BCUT2D eigenvalue weighted by atomic mass is 79.9. The first-order chi connectivity index (χ1) is 9.60. The Labute approximate surface area is 133 Å². The molecule has 0 saturated carbocycles. The van der Waals surface area contributed by atoms with Crippen molar-refractivity contribution < 1.29 is 0 Å². The van der Waals surface area contributed by atoms with Gasteiger partial charge in [-0.25, -0.2) is 4.99 Å². The number of amidine groups is 1. The van der Waals surface area contributed by atoms with Crippen LogP contribution in [0.1, 0.15) is 11.6 Å². The minimum absolute atomic E-state index is 0.241. The molecule has 0 aromatic heterocycles. The lowest BCUT2D eigenvalue weighted by molar-refractivity contribution is 0.325. The average molecular weight is 366 g/mol. The van der Waals surface area contributed by atoms with Gasteiger partial charge >= 0.3 is 0 Å². The van der Waals surface area contributed by atoms with E-state index in [1.54, 1.807) is 5.01 Å². The molecule has 1 aromatic carbocycles. The molecule has 1 atom stereocenters. The van der Waals surface area contributed by atoms with Gasteiger partial charge in [0, 0.05) is 4.47 Å². The van der Waals surface area contributed by atoms with E-state index in [4.69, 9.17) is 18.0 Å². The highest BCUT2D eigenvalue weighted by molar-refractivity contribution is 9.10. The maximum Gasteiger partial charge on any atom is 0.192 e. The van der Waals surface area contributed by atoms with E-state index in [1.165, 1.54) is 11.8 Å². The molecule has 20 heavy (non-hydrogen) atoms. The largest absolute Gasteiger partial charge is 0.383 e. The molecule has 0 radical (unpaired) electrons. The van der Waals surface area contributed by atoms with E-state index >= 15 is 0 Å². The zero-order valence-electron chi connectivity index (χ0n) is 10.0. The summed E-state index contributed by atoms with van der Waals surface area (Å²) < 4.78 is 1.57. The number of rotatable bonds is 1. The number of thioether (sulfide) groups is 1. The van der Waals surface area contributed by atoms with E-state index in [0.717, 1.165) is 10.0 Å². The molecule has 1 fully saturated rings. The Kier molecular flexibility index (Phi) is 3.41. The molecule has 2 aliphatic heterocycles. The molecule has 100 valence electrons. The van der Waals surface area contributed by atoms with Crippen molar-refractivity contribution in [2.45, 2.75) is 6.04 Å². The summed E-state index contributed by atoms with van der Waals surface area (Å²) in [5, 5.41) is 11.8. The fourth-order valence-electron chi connectivity index (χ4n) is 2.06. The molecule has 1 aromatic rings. The molecule has 2 aliphatic rings. The molecule has 3 N–H and O–H groups in total. The highest BCUT2D eigenvalue weighted by Crippen LogP contribution is 2.37. The van der Waals surface area contributed by atoms with Crippen LogP contribution in [0.2, 0.25) is 0 Å². The summed E-state index contributed by atoms with van der Waals surface area (Å²) in [5.74, 6) is 0.241. The summed E-state index contributed by atoms with van der Waals surface area (Å²) >= 11 is 9.88. The number of benzene rings is 1. The molecule has 0 aliphatic carbocycles. The highest BCUT2D eigenvalue weighted by Gasteiger charge is 2.38. The van der Waals surface area contributed by atoms with Crippen LogP contribution < -0.4 is 11.2 Å². The topological polar surface area (TPSA) is 77.4 Å². The second kappa shape index (κ2) is 5.09. The lowest BCUT2D eigenvalue weighted by Gasteiger charge is -2.31. The summed E-state index contributed by atoms with van der Waals surface area (Å²) in [5.41, 5.74) is 10.3. The zero-order chi connectivity index (χ0) is 14.3. The van der Waals surface area contributed by atoms with Crippen molar-refractivity contribution in [3.63, 3.8) is 0 Å². The number of nitrogens with two attached hydrogens (primary N) is 1. The number of hydrazine groups is 1. The number of thiocarbonyl (C=S) groups is 1. The predicted octanol–water partition coefficient (Wildman–Crippen LogP) is 2.39. The van der Waals surface area contributed by atoms with Crippen LogP contribution in [0.4, 0.5) is 0 Å². The Morgan fingerprint density at radius 2 is 2.15 bits per heavy atom. The van der Waals surface area contributed by atoms with E-state index in [9.17, 15) is 5.26 Å². The van der Waals surface area contributed by atoms with Crippen LogP contribution in [-0.4, -0.2) is 14.5 Å². The number of hydrogen-bond donors (Lipinski definition) is 2. The van der Waals surface area contributed by atoms with Crippen LogP contribution in [-0.2, 0) is 0 Å². The molecular weight excluding hydrogens is 358 g/mol. The van der Waals surface area contributed by atoms with Crippen molar-refractivity contribution in [3.8, 4) is 6.07 Å². The van der Waals surface area contributed by atoms with Gasteiger partial charge in [-0.2, -0.15) is 5.26 Å². The lowest BCUT2D eigenvalue weighted by atomic mass is 9.98. The van der Waals surface area contributed by atoms with Gasteiger partial charge in [0.1, 0.15) is 23.5 Å². The molecule has 0 spiro atoms. The van der Waals surface area contributed by atoms with Crippen molar-refractivity contribution in [1.29, 1.82) is 5.26 Å². The number of halogens is 1. The van der Waals surface area contributed by atoms with Gasteiger partial charge < -0.3 is 5.73 Å². The van der Waals surface area contributed by atoms with Crippen molar-refractivity contribution in [2.75, 3.05) is 0 Å². The number of hydrogen-bond acceptors (Lipinski definition) is 6. The first kappa shape index (κ1) is 13.4. The van der Waals surface area contributed by atoms with Gasteiger partial charge in [0.2, 0.25) is 0 Å². The predicted molar refractivity (Wildman–Crippen MR) is 86.3 cm³/mol. The second-order valence-electron chi connectivity index (χ2n) is 4.13. The van der Waals surface area contributed by atoms with Gasteiger partial charge in [0.25, 0.3) is 0 Å². The van der Waals surface area contributed by atoms with E-state index in [0.29, 0.717) is 15.1 Å². The molecule has 1 saturated heterocycles. The molecule has 1 unspecified atom stereocenters. The quantitative estimate of drug-likeness (QED) is 0.744. The SMILES string of the molecule is N#CC1=C(N)N=C2SC(=S)NN2C1c1ccc(Br)cc1. The van der Waals surface area contributed by atoms with Gasteiger partial charge in [0.15, 0.2) is 9.49 Å². The summed E-state index contributed by atoms with van der Waals surface area (Å²) in [4.78, 5) is 4.22. The summed E-state index contributed by atoms with van der Waals surface area (Å²) in [7, 11) is 0. The molecule has 2 heterocycles. The molecule has 8 heteroatoms. The fraction of sp³-hybridized carbons (Fsp3) is 0.0833. The minimum Gasteiger partial charge on any atom is -0.383 e. The Morgan fingerprint density at radius 1 is 1.45 bits per heavy atom. The Bertz CT molecular complexity index is 689. The number of nitrogens with one attached hydrogen (secondary N) is 1. The van der Waals surface area contributed by atoms with Crippen LogP contribution in [0, 0.1) is 11.3 Å². The Morgan fingerprint density at radius 3 is 2.80 bits per heavy atom. The van der Waals surface area contributed by atoms with Crippen molar-refractivity contribution in [3.05, 3.63) is 45.7 Å². The van der Waals surface area contributed by atoms with E-state index in [1.807, 2.05) is 24.3 Å². The second-order valence-corrected chi connectivity index (χ2v) is 6.69. The minimum atomic E-state index is -0.325. The van der Waals surface area contributed by atoms with Crippen molar-refractivity contribution in [1.82, 2.24) is 10.4 Å². The molecule has 3 rings (SSSR count). The average Bonchev–Trinajstić information content (AvgIpc) is 2.78. The third-order valence-electron chi connectivity index (χ3n) is 2.93. The van der Waals surface area contributed by atoms with Crippen LogP contribution in [0.5, 0.6) is 0 Å². The molecule has 0 amide bonds. The van der Waals surface area contributed by atoms with E-state index in [-0.39, 0.29) is 11.9 Å². The molecule has 0 bridgehead atoms. The van der Waals surface area contributed by atoms with Gasteiger partial charge in [-0.3, -0.25) is 10.4 Å². The van der Waals surface area contributed by atoms with Crippen LogP contribution in [0.3, 0.4) is 0 Å². The van der Waals surface area contributed by atoms with Crippen molar-refractivity contribution in [2.24, 2.45) is 10.7 Å². The van der Waals surface area contributed by atoms with Crippen molar-refractivity contribution >= 4 is 49.4 Å². The first-order valence-corrected chi connectivity index (χ1v) is 7.63. The maximum absolute atomic E-state index is 9.37. The van der Waals surface area contributed by atoms with Crippen LogP contribution in [0.25, 0.3) is 0 Å². The molecular formula is C12H8BrN5S2. The number of nitriles is 1. The monoisotopic (exact) mass is 365 g/mol. The van der Waals surface area contributed by atoms with Gasteiger partial charge in [0.05, 0.1) is 0 Å². The Balaban J connectivity index is 2.11. The van der Waals surface area contributed by atoms with Gasteiger partial charge in [-0.1, -0.05) is 40.3 Å². The zero-order valence-corrected chi connectivity index (χ0v) is 13.2. The summed E-state index contributed by atoms with van der Waals surface area (Å²) in [6.45, 7) is 0.